The third-order valence-electron chi connectivity index (χ3n) is 2.51. The van der Waals surface area contributed by atoms with E-state index in [9.17, 15) is 8.78 Å². The Hall–Kier alpha value is -0.960. The zero-order valence-corrected chi connectivity index (χ0v) is 9.19. The lowest BCUT2D eigenvalue weighted by Crippen LogP contribution is -2.20. The first-order valence-corrected chi connectivity index (χ1v) is 5.08. The maximum Gasteiger partial charge on any atom is 0.129 e. The molecule has 1 nitrogen and oxygen atoms in total. The van der Waals surface area contributed by atoms with Crippen LogP contribution < -0.4 is 5.73 Å². The monoisotopic (exact) mass is 213 g/mol. The molecule has 1 aromatic rings. The summed E-state index contributed by atoms with van der Waals surface area (Å²) in [5.41, 5.74) is 5.98. The van der Waals surface area contributed by atoms with Crippen molar-refractivity contribution in [3.05, 3.63) is 35.4 Å². The molecule has 84 valence electrons. The average molecular weight is 213 g/mol. The summed E-state index contributed by atoms with van der Waals surface area (Å²) in [4.78, 5) is 0. The van der Waals surface area contributed by atoms with Gasteiger partial charge in [-0.05, 0) is 36.4 Å². The molecule has 0 heterocycles. The van der Waals surface area contributed by atoms with Gasteiger partial charge >= 0.3 is 0 Å². The molecule has 0 saturated carbocycles. The van der Waals surface area contributed by atoms with Gasteiger partial charge in [-0.1, -0.05) is 19.9 Å². The smallest absolute Gasteiger partial charge is 0.129 e. The van der Waals surface area contributed by atoms with Crippen LogP contribution in [0, 0.1) is 17.0 Å². The molecular formula is C12H17F2N. The molecule has 1 aromatic carbocycles. The van der Waals surface area contributed by atoms with Crippen LogP contribution in [0.5, 0.6) is 0 Å². The number of halogens is 2. The zero-order chi connectivity index (χ0) is 11.5. The molecule has 0 spiro atoms. The molecule has 0 aliphatic rings. The highest BCUT2D eigenvalue weighted by atomic mass is 19.1. The molecule has 0 fully saturated rings. The Labute approximate surface area is 89.3 Å². The van der Waals surface area contributed by atoms with Crippen molar-refractivity contribution in [1.82, 2.24) is 0 Å². The van der Waals surface area contributed by atoms with E-state index >= 15 is 0 Å². The summed E-state index contributed by atoms with van der Waals surface area (Å²) in [6.07, 6.45) is 1.40. The first kappa shape index (κ1) is 12.1. The molecule has 3 heteroatoms. The maximum atomic E-state index is 13.3. The van der Waals surface area contributed by atoms with Gasteiger partial charge in [0.2, 0.25) is 0 Å². The van der Waals surface area contributed by atoms with E-state index in [2.05, 4.69) is 0 Å². The Bertz CT molecular complexity index is 334. The second-order valence-corrected chi connectivity index (χ2v) is 4.62. The van der Waals surface area contributed by atoms with Gasteiger partial charge in [0, 0.05) is 6.07 Å². The van der Waals surface area contributed by atoms with Gasteiger partial charge in [-0.3, -0.25) is 0 Å². The van der Waals surface area contributed by atoms with Gasteiger partial charge in [-0.15, -0.1) is 0 Å². The van der Waals surface area contributed by atoms with E-state index < -0.39 is 11.6 Å². The predicted octanol–water partition coefficient (Wildman–Crippen LogP) is 2.88. The Morgan fingerprint density at radius 3 is 2.47 bits per heavy atom. The number of rotatable bonds is 4. The van der Waals surface area contributed by atoms with Crippen LogP contribution >= 0.6 is 0 Å². The van der Waals surface area contributed by atoms with E-state index in [1.54, 1.807) is 0 Å². The molecule has 0 radical (unpaired) electrons. The minimum atomic E-state index is -0.534. The van der Waals surface area contributed by atoms with Gasteiger partial charge in [0.1, 0.15) is 11.6 Å². The standard InChI is InChI=1S/C12H17F2N/c1-12(2,5-6-15)8-9-3-4-10(13)7-11(9)14/h3-4,7H,5-6,8,15H2,1-2H3. The lowest BCUT2D eigenvalue weighted by atomic mass is 9.82. The van der Waals surface area contributed by atoms with E-state index in [0.29, 0.717) is 18.5 Å². The lowest BCUT2D eigenvalue weighted by molar-refractivity contribution is 0.333. The number of nitrogens with two attached hydrogens (primary N) is 1. The molecule has 0 atom stereocenters. The van der Waals surface area contributed by atoms with Crippen LogP contribution in [0.4, 0.5) is 8.78 Å². The third-order valence-corrected chi connectivity index (χ3v) is 2.51. The average Bonchev–Trinajstić information content (AvgIpc) is 2.09. The molecular weight excluding hydrogens is 196 g/mol. The van der Waals surface area contributed by atoms with Crippen LogP contribution in [-0.2, 0) is 6.42 Å². The molecule has 0 amide bonds. The van der Waals surface area contributed by atoms with Gasteiger partial charge in [0.25, 0.3) is 0 Å². The Balaban J connectivity index is 2.80. The Morgan fingerprint density at radius 2 is 1.93 bits per heavy atom. The van der Waals surface area contributed by atoms with Crippen LogP contribution in [0.15, 0.2) is 18.2 Å². The summed E-state index contributed by atoms with van der Waals surface area (Å²) >= 11 is 0. The van der Waals surface area contributed by atoms with Gasteiger partial charge in [-0.25, -0.2) is 8.78 Å². The highest BCUT2D eigenvalue weighted by Gasteiger charge is 2.19. The third kappa shape index (κ3) is 3.59. The van der Waals surface area contributed by atoms with Crippen LogP contribution in [0.1, 0.15) is 25.8 Å². The molecule has 0 aliphatic heterocycles. The van der Waals surface area contributed by atoms with Crippen molar-refractivity contribution in [2.45, 2.75) is 26.7 Å². The number of hydrogen-bond acceptors (Lipinski definition) is 1. The number of benzene rings is 1. The number of hydrogen-bond donors (Lipinski definition) is 1. The zero-order valence-electron chi connectivity index (χ0n) is 9.19. The van der Waals surface area contributed by atoms with Crippen LogP contribution in [0.2, 0.25) is 0 Å². The Morgan fingerprint density at radius 1 is 1.27 bits per heavy atom. The molecule has 15 heavy (non-hydrogen) atoms. The summed E-state index contributed by atoms with van der Waals surface area (Å²) in [5.74, 6) is -1.01. The summed E-state index contributed by atoms with van der Waals surface area (Å²) < 4.78 is 26.0. The fraction of sp³-hybridized carbons (Fsp3) is 0.500. The van der Waals surface area contributed by atoms with E-state index in [1.165, 1.54) is 12.1 Å². The topological polar surface area (TPSA) is 26.0 Å². The second-order valence-electron chi connectivity index (χ2n) is 4.62. The molecule has 0 bridgehead atoms. The van der Waals surface area contributed by atoms with Crippen molar-refractivity contribution >= 4 is 0 Å². The fourth-order valence-electron chi connectivity index (χ4n) is 1.66. The van der Waals surface area contributed by atoms with Crippen molar-refractivity contribution < 1.29 is 8.78 Å². The molecule has 1 rings (SSSR count). The van der Waals surface area contributed by atoms with Crippen LogP contribution in [0.3, 0.4) is 0 Å². The normalized spacial score (nSPS) is 11.8. The van der Waals surface area contributed by atoms with E-state index in [-0.39, 0.29) is 5.41 Å². The van der Waals surface area contributed by atoms with Crippen LogP contribution in [-0.4, -0.2) is 6.54 Å². The van der Waals surface area contributed by atoms with Crippen molar-refractivity contribution in [3.8, 4) is 0 Å². The fourth-order valence-corrected chi connectivity index (χ4v) is 1.66. The quantitative estimate of drug-likeness (QED) is 0.817. The van der Waals surface area contributed by atoms with Gasteiger partial charge < -0.3 is 5.73 Å². The molecule has 2 N–H and O–H groups in total. The highest BCUT2D eigenvalue weighted by Crippen LogP contribution is 2.26. The molecule has 0 aliphatic carbocycles. The summed E-state index contributed by atoms with van der Waals surface area (Å²) in [6.45, 7) is 4.64. The van der Waals surface area contributed by atoms with Gasteiger partial charge in [0.15, 0.2) is 0 Å². The van der Waals surface area contributed by atoms with E-state index in [1.807, 2.05) is 13.8 Å². The van der Waals surface area contributed by atoms with Crippen LogP contribution in [0.25, 0.3) is 0 Å². The first-order chi connectivity index (χ1) is 6.94. The van der Waals surface area contributed by atoms with Crippen molar-refractivity contribution in [2.24, 2.45) is 11.1 Å². The minimum absolute atomic E-state index is 0.0482. The van der Waals surface area contributed by atoms with Crippen molar-refractivity contribution in [3.63, 3.8) is 0 Å². The summed E-state index contributed by atoms with van der Waals surface area (Å²) in [7, 11) is 0. The van der Waals surface area contributed by atoms with Gasteiger partial charge in [-0.2, -0.15) is 0 Å². The largest absolute Gasteiger partial charge is 0.330 e. The summed E-state index contributed by atoms with van der Waals surface area (Å²) in [6, 6.07) is 3.72. The lowest BCUT2D eigenvalue weighted by Gasteiger charge is -2.24. The SMILES string of the molecule is CC(C)(CCN)Cc1ccc(F)cc1F. The molecule has 0 saturated heterocycles. The molecule has 0 aromatic heterocycles. The van der Waals surface area contributed by atoms with Crippen molar-refractivity contribution in [1.29, 1.82) is 0 Å². The Kier molecular flexibility index (Phi) is 3.80. The second kappa shape index (κ2) is 4.71. The van der Waals surface area contributed by atoms with Gasteiger partial charge in [0.05, 0.1) is 0 Å². The van der Waals surface area contributed by atoms with Crippen molar-refractivity contribution in [2.75, 3.05) is 6.54 Å². The highest BCUT2D eigenvalue weighted by molar-refractivity contribution is 5.19. The van der Waals surface area contributed by atoms with E-state index in [4.69, 9.17) is 5.73 Å². The maximum absolute atomic E-state index is 13.3. The summed E-state index contributed by atoms with van der Waals surface area (Å²) in [5, 5.41) is 0. The predicted molar refractivity (Wildman–Crippen MR) is 57.5 cm³/mol. The molecule has 0 unspecified atom stereocenters. The minimum Gasteiger partial charge on any atom is -0.330 e. The van der Waals surface area contributed by atoms with E-state index in [0.717, 1.165) is 12.5 Å². The first-order valence-electron chi connectivity index (χ1n) is 5.08.